The van der Waals surface area contributed by atoms with Gasteiger partial charge in [0.1, 0.15) is 0 Å². The summed E-state index contributed by atoms with van der Waals surface area (Å²) in [5, 5.41) is 6.19. The first kappa shape index (κ1) is 23.6. The Morgan fingerprint density at radius 3 is 2.42 bits per heavy atom. The third-order valence-electron chi connectivity index (χ3n) is 6.18. The van der Waals surface area contributed by atoms with Crippen LogP contribution < -0.4 is 10.6 Å². The Balaban J connectivity index is 1.20. The highest BCUT2D eigenvalue weighted by atomic mass is 16.1. The minimum absolute atomic E-state index is 0.147. The molecule has 36 heavy (non-hydrogen) atoms. The van der Waals surface area contributed by atoms with Crippen LogP contribution in [0.1, 0.15) is 15.9 Å². The zero-order valence-electron chi connectivity index (χ0n) is 20.3. The van der Waals surface area contributed by atoms with Crippen molar-refractivity contribution in [3.05, 3.63) is 96.3 Å². The van der Waals surface area contributed by atoms with Crippen molar-refractivity contribution in [3.8, 4) is 11.4 Å². The Labute approximate surface area is 211 Å². The summed E-state index contributed by atoms with van der Waals surface area (Å²) in [7, 11) is 2.16. The van der Waals surface area contributed by atoms with Gasteiger partial charge in [-0.25, -0.2) is 9.97 Å². The Kier molecular flexibility index (Phi) is 7.25. The topological polar surface area (TPSA) is 86.3 Å². The summed E-state index contributed by atoms with van der Waals surface area (Å²) >= 11 is 0. The van der Waals surface area contributed by atoms with E-state index in [9.17, 15) is 4.79 Å². The normalized spacial score (nSPS) is 14.4. The molecule has 0 bridgehead atoms. The van der Waals surface area contributed by atoms with Crippen molar-refractivity contribution < 1.29 is 4.79 Å². The summed E-state index contributed by atoms with van der Waals surface area (Å²) in [6.07, 6.45) is 3.43. The van der Waals surface area contributed by atoms with Gasteiger partial charge in [-0.05, 0) is 61.1 Å². The predicted molar refractivity (Wildman–Crippen MR) is 142 cm³/mol. The fraction of sp³-hybridized carbons (Fsp3) is 0.214. The number of nitrogens with zero attached hydrogens (tertiary/aromatic N) is 5. The highest BCUT2D eigenvalue weighted by Gasteiger charge is 2.14. The molecule has 0 atom stereocenters. The minimum atomic E-state index is -0.147. The summed E-state index contributed by atoms with van der Waals surface area (Å²) in [4.78, 5) is 30.8. The standard InChI is InChI=1S/C28H29N7O/c1-34-15-17-35(18-16-34)20-21-8-10-22(11-9-21)27(36)31-23-5-4-6-24(19-23)32-28-30-14-12-26(33-28)25-7-2-3-13-29-25/h2-14,19H,15-18,20H2,1H3,(H,31,36)(H,30,32,33). The monoisotopic (exact) mass is 479 g/mol. The van der Waals surface area contributed by atoms with Gasteiger partial charge < -0.3 is 15.5 Å². The smallest absolute Gasteiger partial charge is 0.255 e. The van der Waals surface area contributed by atoms with E-state index in [0.29, 0.717) is 17.2 Å². The van der Waals surface area contributed by atoms with Crippen LogP contribution in [0.15, 0.2) is 85.2 Å². The molecule has 0 saturated carbocycles. The number of hydrogen-bond donors (Lipinski definition) is 2. The number of pyridine rings is 1. The predicted octanol–water partition coefficient (Wildman–Crippen LogP) is 4.28. The maximum absolute atomic E-state index is 12.8. The molecular weight excluding hydrogens is 450 g/mol. The maximum atomic E-state index is 12.8. The van der Waals surface area contributed by atoms with Gasteiger partial charge >= 0.3 is 0 Å². The van der Waals surface area contributed by atoms with Crippen molar-refractivity contribution in [1.29, 1.82) is 0 Å². The van der Waals surface area contributed by atoms with Crippen molar-refractivity contribution in [1.82, 2.24) is 24.8 Å². The number of hydrogen-bond acceptors (Lipinski definition) is 7. The van der Waals surface area contributed by atoms with Gasteiger partial charge in [-0.3, -0.25) is 14.7 Å². The van der Waals surface area contributed by atoms with Gasteiger partial charge in [-0.15, -0.1) is 0 Å². The van der Waals surface area contributed by atoms with Crippen LogP contribution in [0.25, 0.3) is 11.4 Å². The lowest BCUT2D eigenvalue weighted by molar-refractivity contribution is 0.102. The molecule has 5 rings (SSSR count). The number of carbonyl (C=O) groups is 1. The summed E-state index contributed by atoms with van der Waals surface area (Å²) in [6, 6.07) is 22.9. The zero-order valence-corrected chi connectivity index (χ0v) is 20.3. The van der Waals surface area contributed by atoms with E-state index in [1.165, 1.54) is 5.56 Å². The maximum Gasteiger partial charge on any atom is 0.255 e. The van der Waals surface area contributed by atoms with Crippen molar-refractivity contribution >= 4 is 23.2 Å². The minimum Gasteiger partial charge on any atom is -0.324 e. The van der Waals surface area contributed by atoms with Crippen molar-refractivity contribution in [2.75, 3.05) is 43.9 Å². The van der Waals surface area contributed by atoms with Crippen LogP contribution in [0.2, 0.25) is 0 Å². The fourth-order valence-electron chi connectivity index (χ4n) is 4.11. The van der Waals surface area contributed by atoms with E-state index in [1.54, 1.807) is 12.4 Å². The third-order valence-corrected chi connectivity index (χ3v) is 6.18. The second kappa shape index (κ2) is 11.1. The van der Waals surface area contributed by atoms with Crippen molar-refractivity contribution in [2.24, 2.45) is 0 Å². The molecule has 8 nitrogen and oxygen atoms in total. The van der Waals surface area contributed by atoms with Crippen LogP contribution in [0, 0.1) is 0 Å². The van der Waals surface area contributed by atoms with E-state index in [2.05, 4.69) is 42.4 Å². The molecule has 0 unspecified atom stereocenters. The Hall–Kier alpha value is -4.14. The van der Waals surface area contributed by atoms with Gasteiger partial charge in [0.05, 0.1) is 11.4 Å². The molecule has 1 saturated heterocycles. The van der Waals surface area contributed by atoms with E-state index in [0.717, 1.165) is 49.8 Å². The van der Waals surface area contributed by atoms with Crippen molar-refractivity contribution in [3.63, 3.8) is 0 Å². The van der Waals surface area contributed by atoms with Gasteiger partial charge in [0.15, 0.2) is 0 Å². The number of carbonyl (C=O) groups excluding carboxylic acids is 1. The molecule has 2 N–H and O–H groups in total. The number of rotatable bonds is 7. The molecule has 3 heterocycles. The second-order valence-electron chi connectivity index (χ2n) is 8.92. The van der Waals surface area contributed by atoms with E-state index in [-0.39, 0.29) is 5.91 Å². The van der Waals surface area contributed by atoms with Crippen LogP contribution in [0.3, 0.4) is 0 Å². The third kappa shape index (κ3) is 6.10. The molecule has 8 heteroatoms. The van der Waals surface area contributed by atoms with Crippen LogP contribution in [-0.4, -0.2) is 63.9 Å². The zero-order chi connectivity index (χ0) is 24.7. The fourth-order valence-corrected chi connectivity index (χ4v) is 4.11. The van der Waals surface area contributed by atoms with Gasteiger partial charge in [0, 0.05) is 62.1 Å². The molecule has 2 aromatic heterocycles. The SMILES string of the molecule is CN1CCN(Cc2ccc(C(=O)Nc3cccc(Nc4nccc(-c5ccccn5)n4)c3)cc2)CC1. The van der Waals surface area contributed by atoms with Crippen LogP contribution >= 0.6 is 0 Å². The largest absolute Gasteiger partial charge is 0.324 e. The summed E-state index contributed by atoms with van der Waals surface area (Å²) < 4.78 is 0. The molecule has 1 fully saturated rings. The molecular formula is C28H29N7O. The lowest BCUT2D eigenvalue weighted by atomic mass is 10.1. The average Bonchev–Trinajstić information content (AvgIpc) is 2.91. The first-order valence-corrected chi connectivity index (χ1v) is 12.1. The molecule has 2 aromatic carbocycles. The van der Waals surface area contributed by atoms with Gasteiger partial charge in [0.25, 0.3) is 5.91 Å². The molecule has 4 aromatic rings. The van der Waals surface area contributed by atoms with E-state index >= 15 is 0 Å². The summed E-state index contributed by atoms with van der Waals surface area (Å²) in [5.41, 5.74) is 4.81. The number of benzene rings is 2. The summed E-state index contributed by atoms with van der Waals surface area (Å²) in [6.45, 7) is 5.24. The molecule has 1 aliphatic rings. The summed E-state index contributed by atoms with van der Waals surface area (Å²) in [5.74, 6) is 0.310. The number of anilines is 3. The molecule has 1 amide bonds. The highest BCUT2D eigenvalue weighted by molar-refractivity contribution is 6.04. The van der Waals surface area contributed by atoms with E-state index < -0.39 is 0 Å². The van der Waals surface area contributed by atoms with Crippen LogP contribution in [0.5, 0.6) is 0 Å². The Morgan fingerprint density at radius 2 is 1.64 bits per heavy atom. The van der Waals surface area contributed by atoms with Gasteiger partial charge in [-0.2, -0.15) is 0 Å². The molecule has 0 radical (unpaired) electrons. The van der Waals surface area contributed by atoms with Gasteiger partial charge in [0.2, 0.25) is 5.95 Å². The van der Waals surface area contributed by atoms with Crippen LogP contribution in [0.4, 0.5) is 17.3 Å². The number of nitrogens with one attached hydrogen (secondary N) is 2. The molecule has 0 spiro atoms. The van der Waals surface area contributed by atoms with E-state index in [4.69, 9.17) is 0 Å². The van der Waals surface area contributed by atoms with E-state index in [1.807, 2.05) is 72.8 Å². The Morgan fingerprint density at radius 1 is 0.833 bits per heavy atom. The number of piperazine rings is 1. The molecule has 0 aliphatic carbocycles. The van der Waals surface area contributed by atoms with Crippen molar-refractivity contribution in [2.45, 2.75) is 6.54 Å². The second-order valence-corrected chi connectivity index (χ2v) is 8.92. The number of aromatic nitrogens is 3. The highest BCUT2D eigenvalue weighted by Crippen LogP contribution is 2.21. The first-order valence-electron chi connectivity index (χ1n) is 12.1. The number of likely N-dealkylation sites (N-methyl/N-ethyl adjacent to an activating group) is 1. The molecule has 182 valence electrons. The quantitative estimate of drug-likeness (QED) is 0.409. The lowest BCUT2D eigenvalue weighted by Crippen LogP contribution is -2.43. The molecule has 1 aliphatic heterocycles. The Bertz CT molecular complexity index is 1300. The number of amides is 1. The lowest BCUT2D eigenvalue weighted by Gasteiger charge is -2.32. The first-order chi connectivity index (χ1) is 17.6. The van der Waals surface area contributed by atoms with Crippen LogP contribution in [-0.2, 0) is 6.54 Å². The average molecular weight is 480 g/mol. The van der Waals surface area contributed by atoms with Gasteiger partial charge in [-0.1, -0.05) is 24.3 Å².